The van der Waals surface area contributed by atoms with E-state index in [1.54, 1.807) is 0 Å². The highest BCUT2D eigenvalue weighted by Crippen LogP contribution is 2.40. The minimum atomic E-state index is 0.905. The number of fused-ring (bicyclic) bond motifs is 11. The van der Waals surface area contributed by atoms with Crippen LogP contribution >= 0.6 is 11.7 Å². The summed E-state index contributed by atoms with van der Waals surface area (Å²) in [5, 5.41) is 8.18. The van der Waals surface area contributed by atoms with Gasteiger partial charge in [-0.05, 0) is 71.8 Å². The molecular weight excluding hydrogens is 691 g/mol. The van der Waals surface area contributed by atoms with Crippen molar-refractivity contribution in [3.05, 3.63) is 176 Å². The molecule has 0 radical (unpaired) electrons. The molecule has 0 bridgehead atoms. The van der Waals surface area contributed by atoms with E-state index in [2.05, 4.69) is 183 Å². The Morgan fingerprint density at radius 2 is 0.891 bits per heavy atom. The van der Waals surface area contributed by atoms with Crippen molar-refractivity contribution in [1.82, 2.24) is 22.9 Å². The van der Waals surface area contributed by atoms with Gasteiger partial charge in [-0.2, -0.15) is 8.75 Å². The van der Waals surface area contributed by atoms with Crippen LogP contribution < -0.4 is 0 Å². The van der Waals surface area contributed by atoms with E-state index in [0.29, 0.717) is 0 Å². The Labute approximate surface area is 319 Å². The molecule has 8 aromatic carbocycles. The van der Waals surface area contributed by atoms with E-state index in [4.69, 9.17) is 9.36 Å². The second kappa shape index (κ2) is 11.7. The fraction of sp³-hybridized carbons (Fsp3) is 0. The molecule has 0 aliphatic heterocycles. The van der Waals surface area contributed by atoms with Crippen LogP contribution in [0.25, 0.3) is 110 Å². The fourth-order valence-corrected chi connectivity index (χ4v) is 9.30. The summed E-state index contributed by atoms with van der Waals surface area (Å²) in [6.45, 7) is 0. The van der Waals surface area contributed by atoms with Crippen molar-refractivity contribution in [2.45, 2.75) is 0 Å². The number of benzene rings is 8. The molecule has 0 spiro atoms. The second-order valence-electron chi connectivity index (χ2n) is 14.2. The lowest BCUT2D eigenvalue weighted by atomic mass is 9.96. The van der Waals surface area contributed by atoms with Gasteiger partial charge in [0.1, 0.15) is 11.0 Å². The monoisotopic (exact) mass is 719 g/mol. The minimum absolute atomic E-state index is 0.905. The lowest BCUT2D eigenvalue weighted by Gasteiger charge is -2.16. The van der Waals surface area contributed by atoms with Crippen molar-refractivity contribution in [2.75, 3.05) is 0 Å². The smallest absolute Gasteiger partial charge is 0.113 e. The fourth-order valence-electron chi connectivity index (χ4n) is 8.75. The van der Waals surface area contributed by atoms with Gasteiger partial charge >= 0.3 is 0 Å². The summed E-state index contributed by atoms with van der Waals surface area (Å²) in [4.78, 5) is 5.40. The summed E-state index contributed by atoms with van der Waals surface area (Å²) < 4.78 is 14.2. The Morgan fingerprint density at radius 3 is 1.47 bits per heavy atom. The molecular formula is C49H29N5S. The standard InChI is InChI=1S/C49H29N5S/c1-2-12-30(13-3-1)48-40-24-25-41-49(52-55-51-41)47(40)39-23-22-31(28-42(39)50-48)32-26-33(53-43-18-8-4-14-35(43)36-15-5-9-19-44(36)53)29-34(27-32)54-45-20-10-6-16-37(45)38-17-7-11-21-46(38)54/h1-29H. The molecule has 4 heterocycles. The molecule has 0 saturated carbocycles. The molecule has 0 N–H and O–H groups in total. The maximum Gasteiger partial charge on any atom is 0.113 e. The van der Waals surface area contributed by atoms with Gasteiger partial charge in [0.05, 0.1) is 45.0 Å². The van der Waals surface area contributed by atoms with Crippen LogP contribution in [-0.2, 0) is 0 Å². The van der Waals surface area contributed by atoms with E-state index in [9.17, 15) is 0 Å². The molecule has 55 heavy (non-hydrogen) atoms. The zero-order valence-corrected chi connectivity index (χ0v) is 30.2. The van der Waals surface area contributed by atoms with Crippen molar-refractivity contribution < 1.29 is 0 Å². The van der Waals surface area contributed by atoms with Crippen molar-refractivity contribution in [1.29, 1.82) is 0 Å². The van der Waals surface area contributed by atoms with E-state index in [0.717, 1.165) is 66.5 Å². The highest BCUT2D eigenvalue weighted by molar-refractivity contribution is 7.00. The van der Waals surface area contributed by atoms with E-state index in [-0.39, 0.29) is 0 Å². The quantitative estimate of drug-likeness (QED) is 0.170. The normalized spacial score (nSPS) is 12.0. The third-order valence-corrected chi connectivity index (χ3v) is 11.7. The first-order chi connectivity index (χ1) is 27.3. The summed E-state index contributed by atoms with van der Waals surface area (Å²) in [6, 6.07) is 63.3. The molecule has 5 nitrogen and oxygen atoms in total. The number of pyridine rings is 1. The number of hydrogen-bond donors (Lipinski definition) is 0. The second-order valence-corrected chi connectivity index (χ2v) is 14.7. The van der Waals surface area contributed by atoms with Crippen LogP contribution in [0.15, 0.2) is 176 Å². The molecule has 0 saturated heterocycles. The number of aromatic nitrogens is 5. The van der Waals surface area contributed by atoms with Crippen LogP contribution in [0, 0.1) is 0 Å². The molecule has 12 aromatic rings. The Bertz CT molecular complexity index is 3260. The predicted molar refractivity (Wildman–Crippen MR) is 230 cm³/mol. The van der Waals surface area contributed by atoms with Crippen LogP contribution in [0.3, 0.4) is 0 Å². The highest BCUT2D eigenvalue weighted by Gasteiger charge is 2.19. The molecule has 256 valence electrons. The molecule has 4 aromatic heterocycles. The zero-order valence-electron chi connectivity index (χ0n) is 29.4. The summed E-state index contributed by atoms with van der Waals surface area (Å²) in [6.07, 6.45) is 0. The van der Waals surface area contributed by atoms with Gasteiger partial charge in [-0.15, -0.1) is 0 Å². The van der Waals surface area contributed by atoms with Crippen molar-refractivity contribution in [3.63, 3.8) is 0 Å². The zero-order chi connectivity index (χ0) is 36.0. The number of rotatable bonds is 4. The largest absolute Gasteiger partial charge is 0.309 e. The number of para-hydroxylation sites is 4. The predicted octanol–water partition coefficient (Wildman–Crippen LogP) is 12.9. The van der Waals surface area contributed by atoms with Gasteiger partial charge in [0.25, 0.3) is 0 Å². The van der Waals surface area contributed by atoms with Gasteiger partial charge in [-0.25, -0.2) is 4.98 Å². The molecule has 12 rings (SSSR count). The van der Waals surface area contributed by atoms with Gasteiger partial charge < -0.3 is 9.13 Å². The summed E-state index contributed by atoms with van der Waals surface area (Å²) in [7, 11) is 0. The maximum absolute atomic E-state index is 5.40. The van der Waals surface area contributed by atoms with Gasteiger partial charge in [-0.3, -0.25) is 0 Å². The maximum atomic E-state index is 5.40. The highest BCUT2D eigenvalue weighted by atomic mass is 32.1. The SMILES string of the molecule is c1ccc(-c2nc3cc(-c4cc(-n5c6ccccc6c6ccccc65)cc(-n5c6ccccc6c6ccccc65)c4)ccc3c3c2ccc2nsnc23)cc1. The molecule has 6 heteroatoms. The number of nitrogens with zero attached hydrogens (tertiary/aromatic N) is 5. The number of hydrogen-bond acceptors (Lipinski definition) is 4. The molecule has 0 unspecified atom stereocenters. The van der Waals surface area contributed by atoms with E-state index in [1.807, 2.05) is 6.07 Å². The van der Waals surface area contributed by atoms with E-state index >= 15 is 0 Å². The Hall–Kier alpha value is -7.15. The molecule has 0 aliphatic carbocycles. The van der Waals surface area contributed by atoms with Crippen LogP contribution in [0.4, 0.5) is 0 Å². The van der Waals surface area contributed by atoms with Gasteiger partial charge in [0, 0.05) is 54.6 Å². The first-order valence-electron chi connectivity index (χ1n) is 18.5. The molecule has 0 aliphatic rings. The summed E-state index contributed by atoms with van der Waals surface area (Å²) in [5.74, 6) is 0. The van der Waals surface area contributed by atoms with Crippen LogP contribution in [0.2, 0.25) is 0 Å². The summed E-state index contributed by atoms with van der Waals surface area (Å²) in [5.41, 5.74) is 13.9. The lowest BCUT2D eigenvalue weighted by molar-refractivity contribution is 1.13. The van der Waals surface area contributed by atoms with Crippen molar-refractivity contribution in [3.8, 4) is 33.8 Å². The first kappa shape index (κ1) is 30.3. The van der Waals surface area contributed by atoms with Gasteiger partial charge in [0.2, 0.25) is 0 Å². The lowest BCUT2D eigenvalue weighted by Crippen LogP contribution is -2.00. The Kier molecular flexibility index (Phi) is 6.44. The Morgan fingerprint density at radius 1 is 0.364 bits per heavy atom. The van der Waals surface area contributed by atoms with Gasteiger partial charge in [0.15, 0.2) is 0 Å². The van der Waals surface area contributed by atoms with Crippen LogP contribution in [0.1, 0.15) is 0 Å². The summed E-state index contributed by atoms with van der Waals surface area (Å²) >= 11 is 1.26. The first-order valence-corrected chi connectivity index (χ1v) is 19.2. The average Bonchev–Trinajstić information content (AvgIpc) is 3.96. The Balaban J connectivity index is 1.18. The third-order valence-electron chi connectivity index (χ3n) is 11.1. The molecule has 0 fully saturated rings. The third kappa shape index (κ3) is 4.49. The van der Waals surface area contributed by atoms with E-state index in [1.165, 1.54) is 55.3 Å². The van der Waals surface area contributed by atoms with Crippen LogP contribution in [0.5, 0.6) is 0 Å². The van der Waals surface area contributed by atoms with Crippen LogP contribution in [-0.4, -0.2) is 22.9 Å². The average molecular weight is 720 g/mol. The molecule has 0 atom stereocenters. The van der Waals surface area contributed by atoms with Crippen molar-refractivity contribution in [2.24, 2.45) is 0 Å². The van der Waals surface area contributed by atoms with Crippen molar-refractivity contribution >= 4 is 88.0 Å². The van der Waals surface area contributed by atoms with E-state index < -0.39 is 0 Å². The molecule has 0 amide bonds. The minimum Gasteiger partial charge on any atom is -0.309 e. The topological polar surface area (TPSA) is 48.5 Å². The van der Waals surface area contributed by atoms with Gasteiger partial charge in [-0.1, -0.05) is 115 Å².